The van der Waals surface area contributed by atoms with Gasteiger partial charge in [0.2, 0.25) is 0 Å². The van der Waals surface area contributed by atoms with Crippen molar-refractivity contribution in [1.82, 2.24) is 0 Å². The van der Waals surface area contributed by atoms with Crippen LogP contribution in [0.25, 0.3) is 0 Å². The maximum atomic E-state index is 12.4. The van der Waals surface area contributed by atoms with Crippen molar-refractivity contribution >= 4 is 5.97 Å². The number of carbonyl (C=O) groups is 1. The molecule has 0 aromatic carbocycles. The molecule has 140 valence electrons. The molecule has 4 nitrogen and oxygen atoms in total. The molecule has 0 bridgehead atoms. The van der Waals surface area contributed by atoms with E-state index < -0.39 is 11.6 Å². The summed E-state index contributed by atoms with van der Waals surface area (Å²) in [6.07, 6.45) is 12.3. The number of ether oxygens (including phenoxy) is 2. The van der Waals surface area contributed by atoms with E-state index in [9.17, 15) is 10.1 Å². The lowest BCUT2D eigenvalue weighted by atomic mass is 9.96. The molecule has 0 aromatic heterocycles. The second-order valence-electron chi connectivity index (χ2n) is 6.73. The van der Waals surface area contributed by atoms with E-state index in [1.165, 1.54) is 39.2 Å². The first-order chi connectivity index (χ1) is 11.6. The molecule has 0 aliphatic heterocycles. The van der Waals surface area contributed by atoms with E-state index in [0.29, 0.717) is 6.42 Å². The standard InChI is InChI=1S/C20H37NO3/c1-5-7-9-11-12-14-16-20(17-21,23-4)19(22)24-18(3)15-13-10-8-6-2/h18H,5-16H2,1-4H3. The number of hydrogen-bond donors (Lipinski definition) is 0. The van der Waals surface area contributed by atoms with Crippen molar-refractivity contribution in [3.8, 4) is 6.07 Å². The number of nitrogens with zero attached hydrogens (tertiary/aromatic N) is 1. The Hall–Kier alpha value is -1.08. The maximum absolute atomic E-state index is 12.4. The van der Waals surface area contributed by atoms with Crippen LogP contribution in [0.1, 0.15) is 97.8 Å². The predicted octanol–water partition coefficient (Wildman–Crippen LogP) is 5.55. The zero-order valence-electron chi connectivity index (χ0n) is 16.2. The molecule has 0 saturated heterocycles. The zero-order chi connectivity index (χ0) is 18.3. The van der Waals surface area contributed by atoms with Crippen molar-refractivity contribution in [3.63, 3.8) is 0 Å². The summed E-state index contributed by atoms with van der Waals surface area (Å²) in [5.74, 6) is -0.524. The van der Waals surface area contributed by atoms with Crippen molar-refractivity contribution in [2.24, 2.45) is 0 Å². The first kappa shape index (κ1) is 22.9. The number of methoxy groups -OCH3 is 1. The van der Waals surface area contributed by atoms with Gasteiger partial charge in [-0.15, -0.1) is 0 Å². The molecule has 0 amide bonds. The summed E-state index contributed by atoms with van der Waals surface area (Å²) in [7, 11) is 1.42. The maximum Gasteiger partial charge on any atom is 0.353 e. The fourth-order valence-electron chi connectivity index (χ4n) is 2.78. The summed E-state index contributed by atoms with van der Waals surface area (Å²) < 4.78 is 10.8. The fourth-order valence-corrected chi connectivity index (χ4v) is 2.78. The van der Waals surface area contributed by atoms with Gasteiger partial charge in [-0.2, -0.15) is 5.26 Å². The van der Waals surface area contributed by atoms with Gasteiger partial charge in [-0.25, -0.2) is 4.79 Å². The monoisotopic (exact) mass is 339 g/mol. The van der Waals surface area contributed by atoms with Crippen LogP contribution in [0.15, 0.2) is 0 Å². The topological polar surface area (TPSA) is 59.3 Å². The Kier molecular flexibility index (Phi) is 13.6. The number of rotatable bonds is 15. The third-order valence-electron chi connectivity index (χ3n) is 4.51. The molecule has 2 atom stereocenters. The summed E-state index contributed by atoms with van der Waals surface area (Å²) in [6, 6.07) is 2.05. The van der Waals surface area contributed by atoms with Crippen LogP contribution in [-0.4, -0.2) is 24.8 Å². The first-order valence-electron chi connectivity index (χ1n) is 9.73. The molecule has 0 fully saturated rings. The second kappa shape index (κ2) is 14.3. The van der Waals surface area contributed by atoms with Crippen LogP contribution in [0.5, 0.6) is 0 Å². The predicted molar refractivity (Wildman–Crippen MR) is 97.7 cm³/mol. The highest BCUT2D eigenvalue weighted by molar-refractivity contribution is 5.83. The van der Waals surface area contributed by atoms with E-state index >= 15 is 0 Å². The van der Waals surface area contributed by atoms with Crippen LogP contribution < -0.4 is 0 Å². The Labute approximate surface area is 148 Å². The summed E-state index contributed by atoms with van der Waals surface area (Å²) in [5, 5.41) is 9.47. The van der Waals surface area contributed by atoms with E-state index in [1.54, 1.807) is 0 Å². The van der Waals surface area contributed by atoms with Gasteiger partial charge in [0.15, 0.2) is 0 Å². The fraction of sp³-hybridized carbons (Fsp3) is 0.900. The van der Waals surface area contributed by atoms with Crippen molar-refractivity contribution in [3.05, 3.63) is 0 Å². The number of esters is 1. The molecule has 0 rings (SSSR count). The van der Waals surface area contributed by atoms with Crippen LogP contribution in [0.3, 0.4) is 0 Å². The van der Waals surface area contributed by atoms with Crippen LogP contribution in [-0.2, 0) is 14.3 Å². The van der Waals surface area contributed by atoms with E-state index in [4.69, 9.17) is 9.47 Å². The van der Waals surface area contributed by atoms with E-state index in [2.05, 4.69) is 19.9 Å². The zero-order valence-corrected chi connectivity index (χ0v) is 16.2. The van der Waals surface area contributed by atoms with Gasteiger partial charge in [-0.05, 0) is 26.2 Å². The summed E-state index contributed by atoms with van der Waals surface area (Å²) in [5.41, 5.74) is -1.44. The lowest BCUT2D eigenvalue weighted by molar-refractivity contribution is -0.168. The Morgan fingerprint density at radius 3 is 2.08 bits per heavy atom. The Bertz CT molecular complexity index is 364. The molecule has 24 heavy (non-hydrogen) atoms. The van der Waals surface area contributed by atoms with Gasteiger partial charge in [0.25, 0.3) is 5.60 Å². The lowest BCUT2D eigenvalue weighted by Crippen LogP contribution is -2.42. The molecule has 0 heterocycles. The first-order valence-corrected chi connectivity index (χ1v) is 9.73. The third kappa shape index (κ3) is 9.27. The van der Waals surface area contributed by atoms with E-state index in [-0.39, 0.29) is 6.10 Å². The summed E-state index contributed by atoms with van der Waals surface area (Å²) >= 11 is 0. The van der Waals surface area contributed by atoms with E-state index in [0.717, 1.165) is 38.5 Å². The van der Waals surface area contributed by atoms with Crippen molar-refractivity contribution in [1.29, 1.82) is 5.26 Å². The summed E-state index contributed by atoms with van der Waals surface area (Å²) in [4.78, 5) is 12.4. The highest BCUT2D eigenvalue weighted by Crippen LogP contribution is 2.23. The van der Waals surface area contributed by atoms with E-state index in [1.807, 2.05) is 6.92 Å². The molecule has 2 unspecified atom stereocenters. The molecule has 0 radical (unpaired) electrons. The van der Waals surface area contributed by atoms with Gasteiger partial charge >= 0.3 is 5.97 Å². The lowest BCUT2D eigenvalue weighted by Gasteiger charge is -2.25. The smallest absolute Gasteiger partial charge is 0.353 e. The Balaban J connectivity index is 4.29. The van der Waals surface area contributed by atoms with Gasteiger partial charge in [0.05, 0.1) is 6.10 Å². The number of unbranched alkanes of at least 4 members (excludes halogenated alkanes) is 8. The van der Waals surface area contributed by atoms with Crippen LogP contribution in [0, 0.1) is 11.3 Å². The molecule has 0 saturated carbocycles. The molecule has 0 aromatic rings. The van der Waals surface area contributed by atoms with Crippen LogP contribution in [0.4, 0.5) is 0 Å². The number of carbonyl (C=O) groups excluding carboxylic acids is 1. The average molecular weight is 340 g/mol. The van der Waals surface area contributed by atoms with Gasteiger partial charge in [0.1, 0.15) is 6.07 Å². The van der Waals surface area contributed by atoms with Crippen molar-refractivity contribution in [2.45, 2.75) is 110 Å². The average Bonchev–Trinajstić information content (AvgIpc) is 2.58. The van der Waals surface area contributed by atoms with Gasteiger partial charge in [-0.1, -0.05) is 65.2 Å². The van der Waals surface area contributed by atoms with Crippen molar-refractivity contribution < 1.29 is 14.3 Å². The molecule has 0 aliphatic carbocycles. The highest BCUT2D eigenvalue weighted by Gasteiger charge is 2.41. The largest absolute Gasteiger partial charge is 0.460 e. The molecular formula is C20H37NO3. The minimum absolute atomic E-state index is 0.165. The second-order valence-corrected chi connectivity index (χ2v) is 6.73. The van der Waals surface area contributed by atoms with Gasteiger partial charge < -0.3 is 9.47 Å². The molecule has 0 spiro atoms. The minimum Gasteiger partial charge on any atom is -0.460 e. The Morgan fingerprint density at radius 2 is 1.54 bits per heavy atom. The molecule has 0 N–H and O–H groups in total. The Morgan fingerprint density at radius 1 is 1.00 bits per heavy atom. The van der Waals surface area contributed by atoms with Gasteiger partial charge in [-0.3, -0.25) is 0 Å². The van der Waals surface area contributed by atoms with Crippen LogP contribution >= 0.6 is 0 Å². The molecular weight excluding hydrogens is 302 g/mol. The van der Waals surface area contributed by atoms with Crippen LogP contribution in [0.2, 0.25) is 0 Å². The quantitative estimate of drug-likeness (QED) is 0.290. The van der Waals surface area contributed by atoms with Crippen molar-refractivity contribution in [2.75, 3.05) is 7.11 Å². The van der Waals surface area contributed by atoms with Gasteiger partial charge in [0, 0.05) is 13.5 Å². The number of nitriles is 1. The minimum atomic E-state index is -1.44. The third-order valence-corrected chi connectivity index (χ3v) is 4.51. The normalized spacial score (nSPS) is 14.6. The number of hydrogen-bond acceptors (Lipinski definition) is 4. The molecule has 4 heteroatoms. The SMILES string of the molecule is CCCCCCCCC(C#N)(OC)C(=O)OC(C)CCCCCC. The molecule has 0 aliphatic rings. The summed E-state index contributed by atoms with van der Waals surface area (Å²) in [6.45, 7) is 6.25. The highest BCUT2D eigenvalue weighted by atomic mass is 16.6.